The molecule has 0 aliphatic carbocycles. The minimum atomic E-state index is -5.20. The van der Waals surface area contributed by atoms with E-state index in [1.807, 2.05) is 123 Å². The number of aromatic nitrogens is 2. The van der Waals surface area contributed by atoms with Crippen molar-refractivity contribution in [3.8, 4) is 50.8 Å². The van der Waals surface area contributed by atoms with E-state index in [2.05, 4.69) is 6.07 Å². The van der Waals surface area contributed by atoms with Crippen molar-refractivity contribution in [1.82, 2.24) is 9.13 Å². The molecule has 62 heavy (non-hydrogen) atoms. The molecule has 10 aromatic rings. The first-order valence-corrected chi connectivity index (χ1v) is 19.9. The molecule has 0 amide bonds. The lowest BCUT2D eigenvalue weighted by atomic mass is 9.89. The lowest BCUT2D eigenvalue weighted by Gasteiger charge is -2.25. The van der Waals surface area contributed by atoms with Crippen molar-refractivity contribution in [2.75, 3.05) is 0 Å². The van der Waals surface area contributed by atoms with Gasteiger partial charge in [-0.15, -0.1) is 0 Å². The van der Waals surface area contributed by atoms with Gasteiger partial charge < -0.3 is 9.13 Å². The summed E-state index contributed by atoms with van der Waals surface area (Å²) in [5.41, 5.74) is 3.64. The molecular weight excluding hydrogens is 793 g/mol. The first-order valence-electron chi connectivity index (χ1n) is 19.9. The lowest BCUT2D eigenvalue weighted by Crippen LogP contribution is -2.16. The van der Waals surface area contributed by atoms with Gasteiger partial charge in [-0.25, -0.2) is 0 Å². The molecule has 0 saturated heterocycles. The van der Waals surface area contributed by atoms with E-state index in [-0.39, 0.29) is 22.5 Å². The number of nitriles is 1. The van der Waals surface area contributed by atoms with E-state index in [4.69, 9.17) is 0 Å². The van der Waals surface area contributed by atoms with Gasteiger partial charge in [0.25, 0.3) is 0 Å². The average molecular weight is 826 g/mol. The van der Waals surface area contributed by atoms with Crippen LogP contribution in [0.4, 0.5) is 26.3 Å². The molecule has 0 bridgehead atoms. The minimum absolute atomic E-state index is 0.0157. The molecule has 0 atom stereocenters. The Morgan fingerprint density at radius 2 is 0.806 bits per heavy atom. The maximum atomic E-state index is 15.4. The van der Waals surface area contributed by atoms with Gasteiger partial charge >= 0.3 is 12.4 Å². The number of fused-ring (bicyclic) bond motifs is 6. The van der Waals surface area contributed by atoms with Gasteiger partial charge in [0.05, 0.1) is 56.2 Å². The number of hydrogen-bond donors (Lipinski definition) is 0. The predicted octanol–water partition coefficient (Wildman–Crippen LogP) is 15.4. The normalized spacial score (nSPS) is 12.2. The largest absolute Gasteiger partial charge is 0.417 e. The fourth-order valence-corrected chi connectivity index (χ4v) is 9.05. The van der Waals surface area contributed by atoms with Crippen LogP contribution in [0.1, 0.15) is 27.8 Å². The fourth-order valence-electron chi connectivity index (χ4n) is 9.05. The van der Waals surface area contributed by atoms with Crippen LogP contribution in [0.25, 0.3) is 88.4 Å². The summed E-state index contributed by atoms with van der Waals surface area (Å²) in [6, 6.07) is 49.1. The van der Waals surface area contributed by atoms with Crippen molar-refractivity contribution in [3.63, 3.8) is 0 Å². The summed E-state index contributed by atoms with van der Waals surface area (Å²) in [7, 11) is 0. The van der Waals surface area contributed by atoms with Crippen LogP contribution in [0.2, 0.25) is 0 Å². The smallest absolute Gasteiger partial charge is 0.308 e. The number of halogens is 6. The van der Waals surface area contributed by atoms with Crippen molar-refractivity contribution in [1.29, 1.82) is 5.26 Å². The zero-order valence-electron chi connectivity index (χ0n) is 33.2. The zero-order chi connectivity index (χ0) is 43.1. The van der Waals surface area contributed by atoms with Crippen LogP contribution in [-0.4, -0.2) is 9.13 Å². The number of para-hydroxylation sites is 2. The number of hydrogen-bond acceptors (Lipinski definition) is 1. The average Bonchev–Trinajstić information content (AvgIpc) is 3.77. The summed E-state index contributed by atoms with van der Waals surface area (Å²) < 4.78 is 96.0. The third-order valence-electron chi connectivity index (χ3n) is 11.7. The van der Waals surface area contributed by atoms with E-state index in [0.717, 1.165) is 61.0 Å². The van der Waals surface area contributed by atoms with E-state index in [0.29, 0.717) is 34.2 Å². The van der Waals surface area contributed by atoms with Gasteiger partial charge in [0.2, 0.25) is 0 Å². The molecule has 8 aromatic carbocycles. The van der Waals surface area contributed by atoms with Crippen molar-refractivity contribution in [2.45, 2.75) is 26.2 Å². The first kappa shape index (κ1) is 38.6. The van der Waals surface area contributed by atoms with Crippen LogP contribution in [0.3, 0.4) is 0 Å². The van der Waals surface area contributed by atoms with E-state index in [9.17, 15) is 5.26 Å². The van der Waals surface area contributed by atoms with E-state index >= 15 is 26.3 Å². The second-order valence-electron chi connectivity index (χ2n) is 15.6. The molecular formula is C53H33F6N3. The highest BCUT2D eigenvalue weighted by atomic mass is 19.4. The zero-order valence-corrected chi connectivity index (χ0v) is 33.2. The Kier molecular flexibility index (Phi) is 8.89. The topological polar surface area (TPSA) is 33.6 Å². The number of aryl methyl sites for hydroxylation is 2. The van der Waals surface area contributed by atoms with Gasteiger partial charge in [0.1, 0.15) is 0 Å². The number of alkyl halides is 6. The van der Waals surface area contributed by atoms with E-state index in [1.54, 1.807) is 33.4 Å². The van der Waals surface area contributed by atoms with Crippen LogP contribution < -0.4 is 0 Å². The van der Waals surface area contributed by atoms with Gasteiger partial charge in [-0.05, 0) is 96.8 Å². The molecule has 0 unspecified atom stereocenters. The molecule has 0 saturated carbocycles. The Balaban J connectivity index is 1.39. The van der Waals surface area contributed by atoms with Crippen molar-refractivity contribution >= 4 is 43.6 Å². The third kappa shape index (κ3) is 6.29. The number of nitrogens with zero attached hydrogens (tertiary/aromatic N) is 3. The SMILES string of the molecule is Cc1cccc(-c2ccc3c(c2)c2ccccc2n3-c2cc(C#N)cc(-n3c4ccccc4c4cc(-c5cccc(C)c5)ccc43)c2-c2c(C(F)(F)F)cccc2C(F)(F)F)c1. The summed E-state index contributed by atoms with van der Waals surface area (Å²) in [6.45, 7) is 3.98. The van der Waals surface area contributed by atoms with Gasteiger partial charge in [0.15, 0.2) is 0 Å². The third-order valence-corrected chi connectivity index (χ3v) is 11.7. The van der Waals surface area contributed by atoms with Gasteiger partial charge in [-0.3, -0.25) is 0 Å². The molecule has 2 heterocycles. The van der Waals surface area contributed by atoms with Crippen LogP contribution in [0, 0.1) is 25.2 Å². The Morgan fingerprint density at radius 1 is 0.403 bits per heavy atom. The molecule has 0 N–H and O–H groups in total. The molecule has 0 spiro atoms. The quantitative estimate of drug-likeness (QED) is 0.159. The summed E-state index contributed by atoms with van der Waals surface area (Å²) in [5.74, 6) is 0. The molecule has 0 radical (unpaired) electrons. The summed E-state index contributed by atoms with van der Waals surface area (Å²) >= 11 is 0. The molecule has 2 aromatic heterocycles. The maximum absolute atomic E-state index is 15.4. The predicted molar refractivity (Wildman–Crippen MR) is 236 cm³/mol. The van der Waals surface area contributed by atoms with Crippen LogP contribution in [-0.2, 0) is 12.4 Å². The van der Waals surface area contributed by atoms with E-state index in [1.165, 1.54) is 12.1 Å². The van der Waals surface area contributed by atoms with Gasteiger partial charge in [0, 0.05) is 32.7 Å². The van der Waals surface area contributed by atoms with Crippen LogP contribution in [0.5, 0.6) is 0 Å². The van der Waals surface area contributed by atoms with Crippen LogP contribution in [0.15, 0.2) is 164 Å². The second kappa shape index (κ2) is 14.3. The standard InChI is InChI=1S/C53H33F6N3/c1-31-10-7-12-34(24-31)36-20-22-46-40(28-36)38-14-3-5-18-44(38)61(46)48-26-33(30-60)27-49(51(48)50-42(52(54,55)56)16-9-17-43(50)53(57,58)59)62-45-19-6-4-15-39(45)41-29-37(21-23-47(41)62)35-13-8-11-32(2)25-35/h3-29H,1-2H3. The fraction of sp³-hybridized carbons (Fsp3) is 0.0755. The Labute approximate surface area is 351 Å². The minimum Gasteiger partial charge on any atom is -0.308 e. The van der Waals surface area contributed by atoms with Crippen LogP contribution >= 0.6 is 0 Å². The molecule has 0 aliphatic rings. The first-order chi connectivity index (χ1) is 29.8. The second-order valence-corrected chi connectivity index (χ2v) is 15.6. The summed E-state index contributed by atoms with van der Waals surface area (Å²) in [5, 5.41) is 13.6. The van der Waals surface area contributed by atoms with Gasteiger partial charge in [-0.2, -0.15) is 31.6 Å². The van der Waals surface area contributed by atoms with E-state index < -0.39 is 29.0 Å². The molecule has 302 valence electrons. The molecule has 10 rings (SSSR count). The van der Waals surface area contributed by atoms with Crippen molar-refractivity contribution in [2.24, 2.45) is 0 Å². The van der Waals surface area contributed by atoms with Gasteiger partial charge in [-0.1, -0.05) is 114 Å². The highest BCUT2D eigenvalue weighted by molar-refractivity contribution is 6.13. The highest BCUT2D eigenvalue weighted by Gasteiger charge is 2.43. The number of benzene rings is 8. The molecule has 0 fully saturated rings. The summed E-state index contributed by atoms with van der Waals surface area (Å²) in [4.78, 5) is 0. The lowest BCUT2D eigenvalue weighted by molar-refractivity contribution is -0.142. The van der Waals surface area contributed by atoms with Crippen molar-refractivity contribution < 1.29 is 26.3 Å². The summed E-state index contributed by atoms with van der Waals surface area (Å²) in [6.07, 6.45) is -10.4. The molecule has 9 heteroatoms. The Bertz CT molecular complexity index is 3270. The van der Waals surface area contributed by atoms with Crippen molar-refractivity contribution in [3.05, 3.63) is 192 Å². The Hall–Kier alpha value is -7.57. The maximum Gasteiger partial charge on any atom is 0.417 e. The number of rotatable bonds is 5. The molecule has 0 aliphatic heterocycles. The monoisotopic (exact) mass is 825 g/mol. The Morgan fingerprint density at radius 3 is 1.23 bits per heavy atom. The molecule has 3 nitrogen and oxygen atoms in total. The highest BCUT2D eigenvalue weighted by Crippen LogP contribution is 2.51.